The van der Waals surface area contributed by atoms with Gasteiger partial charge in [-0.2, -0.15) is 0 Å². The molecular weight excluding hydrogens is 783 g/mol. The summed E-state index contributed by atoms with van der Waals surface area (Å²) in [6.07, 6.45) is 5.65. The maximum atomic E-state index is 11.5. The summed E-state index contributed by atoms with van der Waals surface area (Å²) in [5, 5.41) is 14.4. The number of furan rings is 1. The van der Waals surface area contributed by atoms with Gasteiger partial charge >= 0.3 is 0 Å². The minimum absolute atomic E-state index is 0. The molecule has 2 aromatic heterocycles. The first-order valence-corrected chi connectivity index (χ1v) is 17.4. The van der Waals surface area contributed by atoms with Crippen LogP contribution in [0, 0.1) is 23.8 Å². The number of aliphatic hydroxyl groups is 1. The molecule has 0 saturated heterocycles. The van der Waals surface area contributed by atoms with Gasteiger partial charge in [0.1, 0.15) is 16.9 Å². The summed E-state index contributed by atoms with van der Waals surface area (Å²) in [7, 11) is 0. The van der Waals surface area contributed by atoms with E-state index < -0.39 is 5.41 Å². The SMILES string of the molecule is CC(C)(C)C(=O)/C=C(\O)C(C)(C)C.Cc1c2c(cc3oc4c(-c5[c-]cc(C(C)C)c6ccccc56)nccc4c13)C(C)(C)CCC2(C)C.[Ir]. The largest absolute Gasteiger partial charge is 0.512 e. The number of hydrogen-bond donors (Lipinski definition) is 1. The van der Waals surface area contributed by atoms with Gasteiger partial charge in [-0.1, -0.05) is 124 Å². The van der Waals surface area contributed by atoms with Crippen molar-refractivity contribution >= 4 is 38.5 Å². The van der Waals surface area contributed by atoms with Gasteiger partial charge < -0.3 is 14.5 Å². The number of rotatable bonds is 3. The normalized spacial score (nSPS) is 15.9. The van der Waals surface area contributed by atoms with Crippen LogP contribution in [-0.4, -0.2) is 15.9 Å². The smallest absolute Gasteiger partial charge is 0.164 e. The van der Waals surface area contributed by atoms with Gasteiger partial charge in [0.05, 0.1) is 0 Å². The molecule has 0 saturated carbocycles. The van der Waals surface area contributed by atoms with Crippen LogP contribution in [0.15, 0.2) is 64.9 Å². The summed E-state index contributed by atoms with van der Waals surface area (Å²) in [5.74, 6) is 0.535. The van der Waals surface area contributed by atoms with Crippen LogP contribution in [0.2, 0.25) is 0 Å². The maximum absolute atomic E-state index is 11.5. The van der Waals surface area contributed by atoms with Gasteiger partial charge in [0.25, 0.3) is 0 Å². The molecule has 5 heteroatoms. The fraction of sp³-hybridized carbons (Fsp3) is 0.455. The number of ketones is 1. The third-order valence-corrected chi connectivity index (χ3v) is 10.2. The van der Waals surface area contributed by atoms with E-state index in [0.29, 0.717) is 5.92 Å². The van der Waals surface area contributed by atoms with Gasteiger partial charge in [0, 0.05) is 59.7 Å². The molecule has 1 N–H and O–H groups in total. The Morgan fingerprint density at radius 2 is 1.55 bits per heavy atom. The molecule has 3 aromatic carbocycles. The molecule has 1 aliphatic carbocycles. The van der Waals surface area contributed by atoms with Gasteiger partial charge in [-0.15, -0.1) is 23.3 Å². The summed E-state index contributed by atoms with van der Waals surface area (Å²) in [4.78, 5) is 16.3. The predicted molar refractivity (Wildman–Crippen MR) is 202 cm³/mol. The van der Waals surface area contributed by atoms with E-state index in [0.717, 1.165) is 27.8 Å². The van der Waals surface area contributed by atoms with Crippen molar-refractivity contribution in [3.63, 3.8) is 0 Å². The first-order chi connectivity index (χ1) is 22.1. The summed E-state index contributed by atoms with van der Waals surface area (Å²) >= 11 is 0. The standard InChI is InChI=1S/C33H34NO.C11H20O2.Ir/c1-19(2)21-12-13-24(23-11-9-8-10-22(21)23)30-31-25(14-17-34-30)28-20(3)29-26(18-27(28)35-31)32(4,5)15-16-33(29,6)7;1-10(2,3)8(12)7-9(13)11(4,5)6;/h8-12,14,17-19H,15-16H2,1-7H3;7,12H,1-6H3;/q-1;;/b;8-7-;. The molecule has 49 heavy (non-hydrogen) atoms. The molecule has 1 radical (unpaired) electrons. The second-order valence-corrected chi connectivity index (χ2v) is 17.4. The zero-order chi connectivity index (χ0) is 35.6. The number of fused-ring (bicyclic) bond motifs is 5. The van der Waals surface area contributed by atoms with Crippen LogP contribution in [0.1, 0.15) is 124 Å². The van der Waals surface area contributed by atoms with Crippen molar-refractivity contribution in [1.29, 1.82) is 0 Å². The van der Waals surface area contributed by atoms with E-state index in [-0.39, 0.29) is 47.9 Å². The van der Waals surface area contributed by atoms with Gasteiger partial charge in [0.2, 0.25) is 0 Å². The molecule has 4 nitrogen and oxygen atoms in total. The van der Waals surface area contributed by atoms with E-state index in [1.807, 2.05) is 47.7 Å². The summed E-state index contributed by atoms with van der Waals surface area (Å²) in [6.45, 7) is 27.4. The van der Waals surface area contributed by atoms with Gasteiger partial charge in [0.15, 0.2) is 5.78 Å². The molecule has 0 bridgehead atoms. The van der Waals surface area contributed by atoms with Crippen molar-refractivity contribution in [2.75, 3.05) is 0 Å². The number of carbonyl (C=O) groups is 1. The summed E-state index contributed by atoms with van der Waals surface area (Å²) < 4.78 is 6.69. The van der Waals surface area contributed by atoms with Gasteiger partial charge in [-0.25, -0.2) is 0 Å². The van der Waals surface area contributed by atoms with E-state index in [2.05, 4.69) is 97.0 Å². The number of nitrogens with zero attached hydrogens (tertiary/aromatic N) is 1. The molecule has 5 aromatic rings. The molecule has 1 aliphatic rings. The number of allylic oxidation sites excluding steroid dienone is 2. The molecule has 0 fully saturated rings. The van der Waals surface area contributed by atoms with E-state index in [4.69, 9.17) is 9.40 Å². The van der Waals surface area contributed by atoms with Crippen molar-refractivity contribution in [1.82, 2.24) is 4.98 Å². The molecule has 263 valence electrons. The molecule has 6 rings (SSSR count). The fourth-order valence-electron chi connectivity index (χ4n) is 7.02. The number of carbonyl (C=O) groups excluding carboxylic acids is 1. The molecule has 0 unspecified atom stereocenters. The number of aryl methyl sites for hydroxylation is 1. The third-order valence-electron chi connectivity index (χ3n) is 10.2. The average Bonchev–Trinajstić information content (AvgIpc) is 3.37. The van der Waals surface area contributed by atoms with Crippen molar-refractivity contribution in [3.8, 4) is 11.3 Å². The Hall–Kier alpha value is -3.27. The molecule has 2 heterocycles. The van der Waals surface area contributed by atoms with Crippen LogP contribution in [0.5, 0.6) is 0 Å². The minimum atomic E-state index is -0.417. The van der Waals surface area contributed by atoms with E-state index in [9.17, 15) is 9.90 Å². The zero-order valence-electron chi connectivity index (χ0n) is 31.7. The van der Waals surface area contributed by atoms with E-state index in [1.165, 1.54) is 57.3 Å². The Morgan fingerprint density at radius 3 is 2.14 bits per heavy atom. The van der Waals surface area contributed by atoms with Crippen molar-refractivity contribution < 1.29 is 34.4 Å². The first-order valence-electron chi connectivity index (χ1n) is 17.4. The predicted octanol–water partition coefficient (Wildman–Crippen LogP) is 12.5. The Bertz CT molecular complexity index is 2060. The Kier molecular flexibility index (Phi) is 10.6. The molecule has 0 amide bonds. The molecule has 0 spiro atoms. The quantitative estimate of drug-likeness (QED) is 0.112. The number of aliphatic hydroxyl groups excluding tert-OH is 1. The third kappa shape index (κ3) is 7.31. The first kappa shape index (κ1) is 38.5. The number of pyridine rings is 1. The fourth-order valence-corrected chi connectivity index (χ4v) is 7.02. The minimum Gasteiger partial charge on any atom is -0.512 e. The summed E-state index contributed by atoms with van der Waals surface area (Å²) in [5.41, 5.74) is 8.86. The molecular formula is C44H54IrNO3-. The zero-order valence-corrected chi connectivity index (χ0v) is 34.1. The van der Waals surface area contributed by atoms with Crippen LogP contribution in [-0.2, 0) is 35.7 Å². The second-order valence-electron chi connectivity index (χ2n) is 17.4. The van der Waals surface area contributed by atoms with Crippen LogP contribution in [0.25, 0.3) is 44.0 Å². The Labute approximate surface area is 307 Å². The molecule has 0 atom stereocenters. The number of aromatic nitrogens is 1. The average molecular weight is 837 g/mol. The Morgan fingerprint density at radius 1 is 0.939 bits per heavy atom. The van der Waals surface area contributed by atoms with Gasteiger partial charge in [-0.05, 0) is 59.4 Å². The van der Waals surface area contributed by atoms with Crippen LogP contribution < -0.4 is 0 Å². The molecule has 0 aliphatic heterocycles. The monoisotopic (exact) mass is 837 g/mol. The van der Waals surface area contributed by atoms with Crippen LogP contribution in [0.3, 0.4) is 0 Å². The van der Waals surface area contributed by atoms with Crippen molar-refractivity contribution in [2.24, 2.45) is 10.8 Å². The van der Waals surface area contributed by atoms with Crippen LogP contribution >= 0.6 is 0 Å². The Balaban J connectivity index is 0.000000332. The number of benzene rings is 3. The van der Waals surface area contributed by atoms with E-state index in [1.54, 1.807) is 0 Å². The van der Waals surface area contributed by atoms with Crippen molar-refractivity contribution in [2.45, 2.75) is 120 Å². The summed E-state index contributed by atoms with van der Waals surface area (Å²) in [6, 6.07) is 18.8. The topological polar surface area (TPSA) is 63.3 Å². The van der Waals surface area contributed by atoms with Crippen molar-refractivity contribution in [3.05, 3.63) is 88.8 Å². The van der Waals surface area contributed by atoms with Crippen LogP contribution in [0.4, 0.5) is 0 Å². The second kappa shape index (κ2) is 13.5. The number of hydrogen-bond acceptors (Lipinski definition) is 4. The van der Waals surface area contributed by atoms with E-state index >= 15 is 0 Å². The maximum Gasteiger partial charge on any atom is 0.164 e. The van der Waals surface area contributed by atoms with Gasteiger partial charge in [-0.3, -0.25) is 4.79 Å².